The second-order valence-corrected chi connectivity index (χ2v) is 18.2. The highest BCUT2D eigenvalue weighted by atomic mass is 32.2. The van der Waals surface area contributed by atoms with E-state index in [4.69, 9.17) is 18.9 Å². The van der Waals surface area contributed by atoms with E-state index < -0.39 is 42.9 Å². The largest absolute Gasteiger partial charge is 0.493 e. The Bertz CT molecular complexity index is 2610. The first kappa shape index (κ1) is 52.4. The Morgan fingerprint density at radius 3 is 1.14 bits per heavy atom. The van der Waals surface area contributed by atoms with E-state index in [0.29, 0.717) is 0 Å². The van der Waals surface area contributed by atoms with Crippen molar-refractivity contribution in [1.29, 1.82) is 10.5 Å². The minimum absolute atomic E-state index is 0.0164. The van der Waals surface area contributed by atoms with E-state index in [1.807, 2.05) is 12.1 Å². The molecule has 4 aromatic rings. The molecular formula is C42H52N10O12S2. The predicted octanol–water partition coefficient (Wildman–Crippen LogP) is 4.66. The first-order valence-electron chi connectivity index (χ1n) is 20.3. The van der Waals surface area contributed by atoms with Crippen molar-refractivity contribution in [3.05, 3.63) is 91.5 Å². The van der Waals surface area contributed by atoms with Gasteiger partial charge in [-0.15, -0.1) is 10.2 Å². The zero-order valence-corrected chi connectivity index (χ0v) is 39.0. The summed E-state index contributed by atoms with van der Waals surface area (Å²) in [7, 11) is -1.99. The van der Waals surface area contributed by atoms with Gasteiger partial charge in [-0.1, -0.05) is 0 Å². The minimum atomic E-state index is -3.92. The Balaban J connectivity index is 1.54. The molecule has 24 heteroatoms. The predicted molar refractivity (Wildman–Crippen MR) is 239 cm³/mol. The molecule has 0 unspecified atom stereocenters. The number of ether oxygens (including phenoxy) is 4. The van der Waals surface area contributed by atoms with Crippen LogP contribution in [0.3, 0.4) is 0 Å². The zero-order chi connectivity index (χ0) is 48.6. The number of methoxy groups -OCH3 is 4. The average Bonchev–Trinajstić information content (AvgIpc) is 3.30. The number of nitrogens with zero attached hydrogens (tertiary/aromatic N) is 10. The lowest BCUT2D eigenvalue weighted by atomic mass is 10.1. The van der Waals surface area contributed by atoms with Crippen LogP contribution in [0, 0.1) is 36.5 Å². The maximum atomic E-state index is 13.3. The van der Waals surface area contributed by atoms with E-state index >= 15 is 0 Å². The number of aromatic nitrogens is 2. The molecule has 0 aliphatic carbocycles. The van der Waals surface area contributed by atoms with E-state index in [0.717, 1.165) is 9.13 Å². The highest BCUT2D eigenvalue weighted by molar-refractivity contribution is 7.89. The SMILES string of the molecule is COCCN(CCOC)S(=O)(=O)c1ccc(/N=N/c2c(C)c(C#N)c(=O)n(CCCCn3c(O)c(/N=N/c4ccc(S(=O)(=O)N(CCOC)CCOC)cc4)c(C)c(C#N)c3=O)c2O)cc1. The molecule has 0 fully saturated rings. The molecule has 0 spiro atoms. The molecule has 0 saturated heterocycles. The highest BCUT2D eigenvalue weighted by Crippen LogP contribution is 2.34. The maximum absolute atomic E-state index is 13.3. The van der Waals surface area contributed by atoms with Crippen LogP contribution >= 0.6 is 0 Å². The lowest BCUT2D eigenvalue weighted by Gasteiger charge is -2.21. The summed E-state index contributed by atoms with van der Waals surface area (Å²) in [5.74, 6) is -1.20. The van der Waals surface area contributed by atoms with Gasteiger partial charge in [0.15, 0.2) is 11.4 Å². The summed E-state index contributed by atoms with van der Waals surface area (Å²) in [5, 5.41) is 58.7. The number of azo groups is 2. The maximum Gasteiger partial charge on any atom is 0.271 e. The third kappa shape index (κ3) is 12.4. The molecule has 354 valence electrons. The number of unbranched alkanes of at least 4 members (excludes halogenated alkanes) is 1. The van der Waals surface area contributed by atoms with Gasteiger partial charge in [0.2, 0.25) is 31.8 Å². The molecule has 2 aromatic heterocycles. The lowest BCUT2D eigenvalue weighted by Crippen LogP contribution is -2.36. The van der Waals surface area contributed by atoms with Gasteiger partial charge in [-0.05, 0) is 75.2 Å². The van der Waals surface area contributed by atoms with Gasteiger partial charge in [0.25, 0.3) is 11.1 Å². The van der Waals surface area contributed by atoms with Crippen LogP contribution in [0.15, 0.2) is 88.4 Å². The number of rotatable bonds is 25. The summed E-state index contributed by atoms with van der Waals surface area (Å²) in [6, 6.07) is 14.6. The molecular weight excluding hydrogens is 901 g/mol. The minimum Gasteiger partial charge on any atom is -0.493 e. The normalized spacial score (nSPS) is 12.2. The third-order valence-electron chi connectivity index (χ3n) is 10.2. The number of hydrogen-bond donors (Lipinski definition) is 2. The van der Waals surface area contributed by atoms with Crippen LogP contribution in [0.25, 0.3) is 0 Å². The van der Waals surface area contributed by atoms with Gasteiger partial charge in [0.05, 0.1) is 47.6 Å². The quantitative estimate of drug-likeness (QED) is 0.0675. The van der Waals surface area contributed by atoms with Crippen LogP contribution in [0.5, 0.6) is 11.8 Å². The summed E-state index contributed by atoms with van der Waals surface area (Å²) in [6.45, 7) is 3.59. The number of nitriles is 2. The monoisotopic (exact) mass is 952 g/mol. The molecule has 0 amide bonds. The standard InChI is InChI=1S/C42H52N10O12S2/c1-29-35(27-43)39(53)51(41(55)37(29)47-45-31-9-13-33(14-10-31)65(57,58)49(19-23-61-3)20-24-62-4)17-7-8-18-52-40(54)36(28-44)30(2)38(42(52)56)48-46-32-11-15-34(16-12-32)66(59,60)50(21-25-63-5)22-26-64-6/h9-16,55-56H,7-8,17-26H2,1-6H3/b47-45+,48-46+. The molecule has 2 N–H and O–H groups in total. The Morgan fingerprint density at radius 2 is 0.864 bits per heavy atom. The number of benzene rings is 2. The third-order valence-corrected chi connectivity index (χ3v) is 14.0. The van der Waals surface area contributed by atoms with Gasteiger partial charge >= 0.3 is 0 Å². The van der Waals surface area contributed by atoms with Gasteiger partial charge in [-0.3, -0.25) is 18.7 Å². The summed E-state index contributed by atoms with van der Waals surface area (Å²) < 4.78 is 77.7. The van der Waals surface area contributed by atoms with Crippen molar-refractivity contribution < 1.29 is 46.0 Å². The van der Waals surface area contributed by atoms with Gasteiger partial charge in [-0.2, -0.15) is 29.4 Å². The lowest BCUT2D eigenvalue weighted by molar-refractivity contribution is 0.150. The first-order chi connectivity index (χ1) is 31.5. The fraction of sp³-hybridized carbons (Fsp3) is 0.429. The molecule has 4 rings (SSSR count). The van der Waals surface area contributed by atoms with Crippen molar-refractivity contribution in [3.63, 3.8) is 0 Å². The van der Waals surface area contributed by atoms with Gasteiger partial charge in [0.1, 0.15) is 23.3 Å². The van der Waals surface area contributed by atoms with Crippen LogP contribution in [0.2, 0.25) is 0 Å². The Kier molecular flexibility index (Phi) is 19.3. The van der Waals surface area contributed by atoms with Crippen LogP contribution in [0.1, 0.15) is 35.1 Å². The van der Waals surface area contributed by atoms with Gasteiger partial charge in [0, 0.05) is 78.8 Å². The van der Waals surface area contributed by atoms with E-state index in [9.17, 15) is 47.2 Å². The number of hydrogen-bond acceptors (Lipinski definition) is 18. The second kappa shape index (κ2) is 24.3. The molecule has 2 aromatic carbocycles. The fourth-order valence-electron chi connectivity index (χ4n) is 6.43. The molecule has 0 bridgehead atoms. The molecule has 0 aliphatic heterocycles. The highest BCUT2D eigenvalue weighted by Gasteiger charge is 2.26. The van der Waals surface area contributed by atoms with Crippen molar-refractivity contribution in [2.24, 2.45) is 20.5 Å². The average molecular weight is 953 g/mol. The number of sulfonamides is 2. The van der Waals surface area contributed by atoms with E-state index in [1.165, 1.54) is 99.4 Å². The van der Waals surface area contributed by atoms with Crippen LogP contribution < -0.4 is 11.1 Å². The number of pyridine rings is 2. The van der Waals surface area contributed by atoms with Crippen molar-refractivity contribution in [2.45, 2.75) is 49.6 Å². The van der Waals surface area contributed by atoms with Crippen LogP contribution in [0.4, 0.5) is 22.7 Å². The van der Waals surface area contributed by atoms with Crippen LogP contribution in [-0.2, 0) is 52.1 Å². The van der Waals surface area contributed by atoms with E-state index in [1.54, 1.807) is 0 Å². The molecule has 0 atom stereocenters. The summed E-state index contributed by atoms with van der Waals surface area (Å²) in [6.07, 6.45) is 0.226. The molecule has 22 nitrogen and oxygen atoms in total. The smallest absolute Gasteiger partial charge is 0.271 e. The Morgan fingerprint density at radius 1 is 0.561 bits per heavy atom. The van der Waals surface area contributed by atoms with Crippen molar-refractivity contribution in [2.75, 3.05) is 81.0 Å². The fourth-order valence-corrected chi connectivity index (χ4v) is 9.24. The summed E-state index contributed by atoms with van der Waals surface area (Å²) in [5.41, 5.74) is -2.09. The van der Waals surface area contributed by atoms with Gasteiger partial charge < -0.3 is 29.2 Å². The van der Waals surface area contributed by atoms with E-state index in [2.05, 4.69) is 20.5 Å². The summed E-state index contributed by atoms with van der Waals surface area (Å²) >= 11 is 0. The molecule has 66 heavy (non-hydrogen) atoms. The van der Waals surface area contributed by atoms with Crippen molar-refractivity contribution in [1.82, 2.24) is 17.7 Å². The van der Waals surface area contributed by atoms with Crippen molar-refractivity contribution >= 4 is 42.8 Å². The molecule has 0 aliphatic rings. The first-order valence-corrected chi connectivity index (χ1v) is 23.1. The summed E-state index contributed by atoms with van der Waals surface area (Å²) in [4.78, 5) is 26.6. The van der Waals surface area contributed by atoms with Crippen LogP contribution in [-0.4, -0.2) is 126 Å². The second-order valence-electron chi connectivity index (χ2n) is 14.4. The molecule has 0 radical (unpaired) electrons. The molecule has 0 saturated carbocycles. The topological polar surface area (TPSA) is 293 Å². The van der Waals surface area contributed by atoms with Gasteiger partial charge in [-0.25, -0.2) is 16.8 Å². The number of aromatic hydroxyl groups is 2. The zero-order valence-electron chi connectivity index (χ0n) is 37.4. The Hall–Kier alpha value is -6.22. The van der Waals surface area contributed by atoms with E-state index in [-0.39, 0.29) is 133 Å². The van der Waals surface area contributed by atoms with Crippen molar-refractivity contribution in [3.8, 4) is 23.9 Å². The molecule has 2 heterocycles. The Labute approximate surface area is 382 Å².